The monoisotopic (exact) mass is 236 g/mol. The first kappa shape index (κ1) is 12.1. The van der Waals surface area contributed by atoms with E-state index >= 15 is 0 Å². The Bertz CT molecular complexity index is 427. The highest BCUT2D eigenvalue weighted by molar-refractivity contribution is 6.02. The number of aliphatic hydroxyl groups excluding tert-OH is 2. The van der Waals surface area contributed by atoms with Gasteiger partial charge in [-0.25, -0.2) is 0 Å². The molecule has 92 valence electrons. The van der Waals surface area contributed by atoms with Crippen molar-refractivity contribution < 1.29 is 19.7 Å². The number of ketones is 1. The highest BCUT2D eigenvalue weighted by Gasteiger charge is 2.27. The molecule has 0 bridgehead atoms. The smallest absolute Gasteiger partial charge is 0.166 e. The van der Waals surface area contributed by atoms with Crippen molar-refractivity contribution in [3.63, 3.8) is 0 Å². The average Bonchev–Trinajstić information content (AvgIpc) is 2.62. The maximum absolute atomic E-state index is 11.8. The number of carbonyl (C=O) groups excluding carboxylic acids is 1. The first-order chi connectivity index (χ1) is 8.11. The van der Waals surface area contributed by atoms with Crippen molar-refractivity contribution in [3.8, 4) is 5.75 Å². The van der Waals surface area contributed by atoms with Crippen molar-refractivity contribution in [2.45, 2.75) is 19.4 Å². The summed E-state index contributed by atoms with van der Waals surface area (Å²) in [7, 11) is 0. The number of hydrogen-bond acceptors (Lipinski definition) is 4. The highest BCUT2D eigenvalue weighted by atomic mass is 16.5. The predicted octanol–water partition coefficient (Wildman–Crippen LogP) is 0.794. The molecule has 0 spiro atoms. The molecule has 1 aliphatic carbocycles. The van der Waals surface area contributed by atoms with Gasteiger partial charge in [-0.3, -0.25) is 4.79 Å². The molecule has 0 saturated carbocycles. The fraction of sp³-hybridized carbons (Fsp3) is 0.462. The molecule has 0 unspecified atom stereocenters. The van der Waals surface area contributed by atoms with Gasteiger partial charge in [0, 0.05) is 11.5 Å². The number of fused-ring (bicyclic) bond motifs is 1. The summed E-state index contributed by atoms with van der Waals surface area (Å²) < 4.78 is 5.31. The molecule has 1 aromatic carbocycles. The van der Waals surface area contributed by atoms with E-state index in [9.17, 15) is 4.79 Å². The summed E-state index contributed by atoms with van der Waals surface area (Å²) in [5.41, 5.74) is 1.77. The zero-order valence-electron chi connectivity index (χ0n) is 9.72. The van der Waals surface area contributed by atoms with E-state index in [1.54, 1.807) is 12.1 Å². The minimum atomic E-state index is -0.891. The Morgan fingerprint density at radius 1 is 1.53 bits per heavy atom. The number of carbonyl (C=O) groups is 1. The van der Waals surface area contributed by atoms with Crippen molar-refractivity contribution in [1.29, 1.82) is 0 Å². The molecule has 0 aromatic heterocycles. The first-order valence-electron chi connectivity index (χ1n) is 5.70. The Morgan fingerprint density at radius 2 is 2.29 bits per heavy atom. The Kier molecular flexibility index (Phi) is 3.45. The molecule has 4 nitrogen and oxygen atoms in total. The van der Waals surface area contributed by atoms with Gasteiger partial charge in [0.05, 0.1) is 6.61 Å². The molecule has 0 fully saturated rings. The normalized spacial score (nSPS) is 20.2. The van der Waals surface area contributed by atoms with Gasteiger partial charge in [-0.1, -0.05) is 13.0 Å². The third kappa shape index (κ3) is 2.48. The summed E-state index contributed by atoms with van der Waals surface area (Å²) >= 11 is 0. The van der Waals surface area contributed by atoms with Crippen LogP contribution in [0.5, 0.6) is 5.75 Å². The SMILES string of the molecule is C[C@H]1Cc2ccc(OC[C@H](O)CO)cc2C1=O. The number of aliphatic hydroxyl groups is 2. The van der Waals surface area contributed by atoms with Gasteiger partial charge in [0.2, 0.25) is 0 Å². The minimum Gasteiger partial charge on any atom is -0.491 e. The maximum Gasteiger partial charge on any atom is 0.166 e. The molecule has 0 heterocycles. The van der Waals surface area contributed by atoms with E-state index in [-0.39, 0.29) is 24.9 Å². The van der Waals surface area contributed by atoms with Gasteiger partial charge in [-0.15, -0.1) is 0 Å². The topological polar surface area (TPSA) is 66.8 Å². The molecule has 0 amide bonds. The van der Waals surface area contributed by atoms with Crippen LogP contribution in [0.3, 0.4) is 0 Å². The van der Waals surface area contributed by atoms with Crippen LogP contribution in [0.2, 0.25) is 0 Å². The zero-order valence-corrected chi connectivity index (χ0v) is 9.72. The predicted molar refractivity (Wildman–Crippen MR) is 62.2 cm³/mol. The van der Waals surface area contributed by atoms with E-state index < -0.39 is 6.10 Å². The lowest BCUT2D eigenvalue weighted by atomic mass is 10.1. The van der Waals surface area contributed by atoms with Crippen molar-refractivity contribution in [1.82, 2.24) is 0 Å². The van der Waals surface area contributed by atoms with Crippen LogP contribution in [0.4, 0.5) is 0 Å². The second kappa shape index (κ2) is 4.85. The standard InChI is InChI=1S/C13H16O4/c1-8-4-9-2-3-11(5-12(9)13(8)16)17-7-10(15)6-14/h2-3,5,8,10,14-15H,4,6-7H2,1H3/t8-,10+/m0/s1. The van der Waals surface area contributed by atoms with Crippen LogP contribution in [0.25, 0.3) is 0 Å². The van der Waals surface area contributed by atoms with Gasteiger partial charge in [0.25, 0.3) is 0 Å². The molecule has 2 rings (SSSR count). The van der Waals surface area contributed by atoms with Crippen LogP contribution in [0.15, 0.2) is 18.2 Å². The minimum absolute atomic E-state index is 0.0268. The largest absolute Gasteiger partial charge is 0.491 e. The fourth-order valence-corrected chi connectivity index (χ4v) is 1.99. The Labute approximate surface area is 99.8 Å². The van der Waals surface area contributed by atoms with E-state index in [0.717, 1.165) is 12.0 Å². The second-order valence-corrected chi connectivity index (χ2v) is 4.44. The lowest BCUT2D eigenvalue weighted by Crippen LogP contribution is -2.21. The van der Waals surface area contributed by atoms with E-state index in [1.807, 2.05) is 13.0 Å². The van der Waals surface area contributed by atoms with Gasteiger partial charge >= 0.3 is 0 Å². The number of benzene rings is 1. The van der Waals surface area contributed by atoms with Crippen molar-refractivity contribution in [2.75, 3.05) is 13.2 Å². The lowest BCUT2D eigenvalue weighted by Gasteiger charge is -2.10. The van der Waals surface area contributed by atoms with Crippen molar-refractivity contribution in [3.05, 3.63) is 29.3 Å². The Morgan fingerprint density at radius 3 is 3.00 bits per heavy atom. The number of hydrogen-bond donors (Lipinski definition) is 2. The third-order valence-electron chi connectivity index (χ3n) is 2.97. The molecule has 4 heteroatoms. The van der Waals surface area contributed by atoms with Crippen LogP contribution in [0, 0.1) is 5.92 Å². The summed E-state index contributed by atoms with van der Waals surface area (Å²) in [6, 6.07) is 5.39. The van der Waals surface area contributed by atoms with E-state index in [2.05, 4.69) is 0 Å². The second-order valence-electron chi connectivity index (χ2n) is 4.44. The number of Topliss-reactive ketones (excluding diaryl/α,β-unsaturated/α-hetero) is 1. The molecule has 1 aromatic rings. The van der Waals surface area contributed by atoms with Crippen LogP contribution >= 0.6 is 0 Å². The molecule has 0 aliphatic heterocycles. The van der Waals surface area contributed by atoms with Crippen molar-refractivity contribution in [2.24, 2.45) is 5.92 Å². The van der Waals surface area contributed by atoms with Crippen LogP contribution in [-0.4, -0.2) is 35.3 Å². The summed E-state index contributed by atoms with van der Waals surface area (Å²) in [6.45, 7) is 1.61. The van der Waals surface area contributed by atoms with Gasteiger partial charge in [0.1, 0.15) is 18.5 Å². The summed E-state index contributed by atoms with van der Waals surface area (Å²) in [5.74, 6) is 0.745. The third-order valence-corrected chi connectivity index (χ3v) is 2.97. The molecule has 1 aliphatic rings. The van der Waals surface area contributed by atoms with E-state index in [0.29, 0.717) is 11.3 Å². The molecular formula is C13H16O4. The lowest BCUT2D eigenvalue weighted by molar-refractivity contribution is 0.0536. The van der Waals surface area contributed by atoms with Crippen LogP contribution < -0.4 is 4.74 Å². The Hall–Kier alpha value is -1.39. The van der Waals surface area contributed by atoms with Crippen LogP contribution in [0.1, 0.15) is 22.8 Å². The molecule has 2 N–H and O–H groups in total. The first-order valence-corrected chi connectivity index (χ1v) is 5.70. The fourth-order valence-electron chi connectivity index (χ4n) is 1.99. The molecular weight excluding hydrogens is 220 g/mol. The van der Waals surface area contributed by atoms with Crippen LogP contribution in [-0.2, 0) is 6.42 Å². The quantitative estimate of drug-likeness (QED) is 0.811. The Balaban J connectivity index is 2.10. The number of rotatable bonds is 4. The molecule has 17 heavy (non-hydrogen) atoms. The van der Waals surface area contributed by atoms with E-state index in [1.165, 1.54) is 0 Å². The average molecular weight is 236 g/mol. The van der Waals surface area contributed by atoms with Gasteiger partial charge < -0.3 is 14.9 Å². The van der Waals surface area contributed by atoms with E-state index in [4.69, 9.17) is 14.9 Å². The van der Waals surface area contributed by atoms with Gasteiger partial charge in [-0.2, -0.15) is 0 Å². The summed E-state index contributed by atoms with van der Waals surface area (Å²) in [5, 5.41) is 17.8. The highest BCUT2D eigenvalue weighted by Crippen LogP contribution is 2.29. The number of ether oxygens (including phenoxy) is 1. The van der Waals surface area contributed by atoms with Gasteiger partial charge in [-0.05, 0) is 24.1 Å². The van der Waals surface area contributed by atoms with Gasteiger partial charge in [0.15, 0.2) is 5.78 Å². The maximum atomic E-state index is 11.8. The molecule has 0 saturated heterocycles. The molecule has 2 atom stereocenters. The van der Waals surface area contributed by atoms with Crippen molar-refractivity contribution >= 4 is 5.78 Å². The summed E-state index contributed by atoms with van der Waals surface area (Å²) in [6.07, 6.45) is -0.105. The molecule has 0 radical (unpaired) electrons. The summed E-state index contributed by atoms with van der Waals surface area (Å²) in [4.78, 5) is 11.8. The zero-order chi connectivity index (χ0) is 12.4.